The Morgan fingerprint density at radius 2 is 1.87 bits per heavy atom. The van der Waals surface area contributed by atoms with Crippen LogP contribution in [0, 0.1) is 6.92 Å². The fourth-order valence-electron chi connectivity index (χ4n) is 2.34. The number of benzene rings is 2. The highest BCUT2D eigenvalue weighted by atomic mass is 16.6. The average Bonchev–Trinajstić information content (AvgIpc) is 2.49. The molecule has 3 N–H and O–H groups in total. The van der Waals surface area contributed by atoms with E-state index in [2.05, 4.69) is 19.2 Å². The molecule has 23 heavy (non-hydrogen) atoms. The van der Waals surface area contributed by atoms with Gasteiger partial charge in [-0.3, -0.25) is 0 Å². The van der Waals surface area contributed by atoms with Crippen LogP contribution in [0.25, 0.3) is 0 Å². The van der Waals surface area contributed by atoms with Gasteiger partial charge in [-0.25, -0.2) is 4.79 Å². The Morgan fingerprint density at radius 3 is 2.52 bits per heavy atom. The second-order valence-electron chi connectivity index (χ2n) is 6.00. The fraction of sp³-hybridized carbons (Fsp3) is 0.316. The first-order valence-electron chi connectivity index (χ1n) is 7.86. The molecule has 0 heterocycles. The standard InChI is InChI=1S/C19H24N2O2/c1-13(2)17-9-4-14(3)12-18(17)23-19(22)21-11-10-15-5-7-16(20)8-6-15/h4-9,12-13H,10-11,20H2,1-3H3,(H,21,22). The second kappa shape index (κ2) is 7.68. The summed E-state index contributed by atoms with van der Waals surface area (Å²) in [5.74, 6) is 0.929. The molecule has 0 aliphatic heterocycles. The Labute approximate surface area is 137 Å². The third-order valence-corrected chi connectivity index (χ3v) is 3.66. The molecule has 0 aliphatic carbocycles. The summed E-state index contributed by atoms with van der Waals surface area (Å²) < 4.78 is 5.47. The van der Waals surface area contributed by atoms with Gasteiger partial charge in [0, 0.05) is 12.2 Å². The van der Waals surface area contributed by atoms with Crippen molar-refractivity contribution >= 4 is 11.8 Å². The number of aryl methyl sites for hydroxylation is 1. The first-order chi connectivity index (χ1) is 11.0. The highest BCUT2D eigenvalue weighted by Gasteiger charge is 2.11. The summed E-state index contributed by atoms with van der Waals surface area (Å²) in [6.45, 7) is 6.66. The lowest BCUT2D eigenvalue weighted by Gasteiger charge is -2.14. The van der Waals surface area contributed by atoms with Crippen LogP contribution in [0.15, 0.2) is 42.5 Å². The molecule has 0 radical (unpaired) electrons. The van der Waals surface area contributed by atoms with E-state index in [1.807, 2.05) is 49.4 Å². The largest absolute Gasteiger partial charge is 0.412 e. The molecule has 4 heteroatoms. The SMILES string of the molecule is Cc1ccc(C(C)C)c(OC(=O)NCCc2ccc(N)cc2)c1. The number of carbonyl (C=O) groups is 1. The average molecular weight is 312 g/mol. The lowest BCUT2D eigenvalue weighted by molar-refractivity contribution is 0.200. The van der Waals surface area contributed by atoms with E-state index in [0.717, 1.165) is 28.8 Å². The third kappa shape index (κ3) is 5.02. The molecular formula is C19H24N2O2. The van der Waals surface area contributed by atoms with E-state index in [1.54, 1.807) is 0 Å². The maximum atomic E-state index is 12.0. The van der Waals surface area contributed by atoms with Gasteiger partial charge >= 0.3 is 6.09 Å². The van der Waals surface area contributed by atoms with Gasteiger partial charge in [0.15, 0.2) is 0 Å². The molecule has 0 bridgehead atoms. The Morgan fingerprint density at radius 1 is 1.17 bits per heavy atom. The van der Waals surface area contributed by atoms with Crippen LogP contribution in [0.1, 0.15) is 36.5 Å². The van der Waals surface area contributed by atoms with Crippen molar-refractivity contribution in [3.05, 3.63) is 59.2 Å². The summed E-state index contributed by atoms with van der Waals surface area (Å²) in [6, 6.07) is 13.6. The lowest BCUT2D eigenvalue weighted by Crippen LogP contribution is -2.29. The molecule has 0 unspecified atom stereocenters. The second-order valence-corrected chi connectivity index (χ2v) is 6.00. The molecule has 0 atom stereocenters. The van der Waals surface area contributed by atoms with Crippen LogP contribution in [0.4, 0.5) is 10.5 Å². The van der Waals surface area contributed by atoms with Gasteiger partial charge in [0.05, 0.1) is 0 Å². The van der Waals surface area contributed by atoms with E-state index >= 15 is 0 Å². The van der Waals surface area contributed by atoms with Crippen LogP contribution < -0.4 is 15.8 Å². The van der Waals surface area contributed by atoms with Gasteiger partial charge in [-0.05, 0) is 54.2 Å². The van der Waals surface area contributed by atoms with Crippen LogP contribution in [0.3, 0.4) is 0 Å². The summed E-state index contributed by atoms with van der Waals surface area (Å²) in [6.07, 6.45) is 0.313. The number of amides is 1. The number of hydrogen-bond acceptors (Lipinski definition) is 3. The Kier molecular flexibility index (Phi) is 5.63. The molecule has 0 spiro atoms. The van der Waals surface area contributed by atoms with Gasteiger partial charge < -0.3 is 15.8 Å². The zero-order chi connectivity index (χ0) is 16.8. The van der Waals surface area contributed by atoms with E-state index in [9.17, 15) is 4.79 Å². The van der Waals surface area contributed by atoms with Crippen molar-refractivity contribution in [1.29, 1.82) is 0 Å². The summed E-state index contributed by atoms with van der Waals surface area (Å²) in [7, 11) is 0. The molecule has 1 amide bonds. The fourth-order valence-corrected chi connectivity index (χ4v) is 2.34. The summed E-state index contributed by atoms with van der Waals surface area (Å²) in [5, 5.41) is 2.79. The van der Waals surface area contributed by atoms with Crippen molar-refractivity contribution in [3.8, 4) is 5.75 Å². The highest BCUT2D eigenvalue weighted by Crippen LogP contribution is 2.27. The summed E-state index contributed by atoms with van der Waals surface area (Å²) >= 11 is 0. The predicted molar refractivity (Wildman–Crippen MR) is 93.9 cm³/mol. The molecule has 0 saturated heterocycles. The van der Waals surface area contributed by atoms with Gasteiger partial charge in [0.1, 0.15) is 5.75 Å². The van der Waals surface area contributed by atoms with Crippen molar-refractivity contribution in [2.24, 2.45) is 0 Å². The molecule has 0 aromatic heterocycles. The minimum atomic E-state index is -0.423. The van der Waals surface area contributed by atoms with Crippen LogP contribution in [-0.4, -0.2) is 12.6 Å². The van der Waals surface area contributed by atoms with E-state index < -0.39 is 6.09 Å². The van der Waals surface area contributed by atoms with Gasteiger partial charge in [-0.2, -0.15) is 0 Å². The van der Waals surface area contributed by atoms with Gasteiger partial charge in [0.2, 0.25) is 0 Å². The molecule has 0 fully saturated rings. The maximum absolute atomic E-state index is 12.0. The number of nitrogens with one attached hydrogen (secondary N) is 1. The van der Waals surface area contributed by atoms with Crippen LogP contribution in [0.2, 0.25) is 0 Å². The third-order valence-electron chi connectivity index (χ3n) is 3.66. The number of nitrogen functional groups attached to an aromatic ring is 1. The maximum Gasteiger partial charge on any atom is 0.412 e. The number of hydrogen-bond donors (Lipinski definition) is 2. The molecule has 122 valence electrons. The normalized spacial score (nSPS) is 10.6. The number of carbonyl (C=O) groups excluding carboxylic acids is 1. The molecule has 2 aromatic rings. The topological polar surface area (TPSA) is 64.3 Å². The summed E-state index contributed by atoms with van der Waals surface area (Å²) in [4.78, 5) is 12.0. The highest BCUT2D eigenvalue weighted by molar-refractivity contribution is 5.71. The van der Waals surface area contributed by atoms with Gasteiger partial charge in [-0.15, -0.1) is 0 Å². The number of rotatable bonds is 5. The van der Waals surface area contributed by atoms with E-state index in [-0.39, 0.29) is 0 Å². The molecular weight excluding hydrogens is 288 g/mol. The van der Waals surface area contributed by atoms with Crippen LogP contribution in [-0.2, 0) is 6.42 Å². The number of anilines is 1. The Balaban J connectivity index is 1.90. The van der Waals surface area contributed by atoms with E-state index in [4.69, 9.17) is 10.5 Å². The molecule has 2 rings (SSSR count). The minimum absolute atomic E-state index is 0.299. The van der Waals surface area contributed by atoms with Gasteiger partial charge in [0.25, 0.3) is 0 Å². The first kappa shape index (κ1) is 16.9. The lowest BCUT2D eigenvalue weighted by atomic mass is 10.0. The van der Waals surface area contributed by atoms with Crippen molar-refractivity contribution in [2.45, 2.75) is 33.1 Å². The van der Waals surface area contributed by atoms with Crippen molar-refractivity contribution < 1.29 is 9.53 Å². The summed E-state index contributed by atoms with van der Waals surface area (Å²) in [5.41, 5.74) is 9.61. The molecule has 2 aromatic carbocycles. The Bertz CT molecular complexity index is 664. The smallest absolute Gasteiger partial charge is 0.410 e. The first-order valence-corrected chi connectivity index (χ1v) is 7.86. The zero-order valence-corrected chi connectivity index (χ0v) is 13.9. The van der Waals surface area contributed by atoms with Crippen molar-refractivity contribution in [1.82, 2.24) is 5.32 Å². The molecule has 4 nitrogen and oxygen atoms in total. The predicted octanol–water partition coefficient (Wildman–Crippen LogP) is 4.03. The van der Waals surface area contributed by atoms with E-state index in [0.29, 0.717) is 18.2 Å². The Hall–Kier alpha value is -2.49. The van der Waals surface area contributed by atoms with Crippen molar-refractivity contribution in [3.63, 3.8) is 0 Å². The quantitative estimate of drug-likeness (QED) is 0.819. The van der Waals surface area contributed by atoms with Crippen LogP contribution in [0.5, 0.6) is 5.75 Å². The zero-order valence-electron chi connectivity index (χ0n) is 13.9. The molecule has 0 saturated carbocycles. The van der Waals surface area contributed by atoms with Crippen LogP contribution >= 0.6 is 0 Å². The number of ether oxygens (including phenoxy) is 1. The minimum Gasteiger partial charge on any atom is -0.410 e. The monoisotopic (exact) mass is 312 g/mol. The molecule has 0 aliphatic rings. The van der Waals surface area contributed by atoms with Crippen molar-refractivity contribution in [2.75, 3.05) is 12.3 Å². The van der Waals surface area contributed by atoms with Gasteiger partial charge in [-0.1, -0.05) is 38.1 Å². The van der Waals surface area contributed by atoms with E-state index in [1.165, 1.54) is 0 Å². The number of nitrogens with two attached hydrogens (primary N) is 1.